The van der Waals surface area contributed by atoms with Crippen molar-refractivity contribution in [2.75, 3.05) is 24.0 Å². The number of likely N-dealkylation sites (N-methyl/N-ethyl adjacent to an activating group) is 1. The van der Waals surface area contributed by atoms with E-state index in [-0.39, 0.29) is 17.6 Å². The van der Waals surface area contributed by atoms with Crippen LogP contribution in [-0.4, -0.2) is 57.6 Å². The van der Waals surface area contributed by atoms with Gasteiger partial charge in [-0.3, -0.25) is 9.36 Å². The number of carbonyl (C=O) groups excluding carboxylic acids is 2. The molecule has 1 atom stereocenters. The first kappa shape index (κ1) is 18.4. The molecule has 0 N–H and O–H groups in total. The van der Waals surface area contributed by atoms with Crippen LogP contribution >= 0.6 is 0 Å². The first-order valence-electron chi connectivity index (χ1n) is 9.60. The van der Waals surface area contributed by atoms with E-state index in [0.29, 0.717) is 17.7 Å². The Balaban J connectivity index is 1.78. The van der Waals surface area contributed by atoms with Gasteiger partial charge in [-0.15, -0.1) is 0 Å². The number of rotatable bonds is 4. The molecule has 1 fully saturated rings. The lowest BCUT2D eigenvalue weighted by Gasteiger charge is -2.43. The maximum Gasteiger partial charge on any atom is 0.358 e. The molecule has 2 aromatic rings. The van der Waals surface area contributed by atoms with Crippen molar-refractivity contribution in [2.45, 2.75) is 51.1 Å². The number of ether oxygens (including phenoxy) is 1. The summed E-state index contributed by atoms with van der Waals surface area (Å²) in [4.78, 5) is 41.7. The fourth-order valence-corrected chi connectivity index (χ4v) is 4.14. The smallest absolute Gasteiger partial charge is 0.358 e. The summed E-state index contributed by atoms with van der Waals surface area (Å²) < 4.78 is 6.30. The highest BCUT2D eigenvalue weighted by Gasteiger charge is 2.41. The van der Waals surface area contributed by atoms with Crippen LogP contribution in [-0.2, 0) is 9.53 Å². The zero-order valence-corrected chi connectivity index (χ0v) is 16.3. The van der Waals surface area contributed by atoms with E-state index in [4.69, 9.17) is 9.72 Å². The van der Waals surface area contributed by atoms with Crippen molar-refractivity contribution in [1.29, 1.82) is 0 Å². The Morgan fingerprint density at radius 1 is 1.29 bits per heavy atom. The molecule has 1 amide bonds. The summed E-state index contributed by atoms with van der Waals surface area (Å²) in [7, 11) is 3.08. The van der Waals surface area contributed by atoms with Crippen LogP contribution in [0.1, 0.15) is 49.5 Å². The van der Waals surface area contributed by atoms with Gasteiger partial charge in [0, 0.05) is 19.3 Å². The number of hydrogen-bond donors (Lipinski definition) is 0. The van der Waals surface area contributed by atoms with Gasteiger partial charge in [-0.1, -0.05) is 19.8 Å². The van der Waals surface area contributed by atoms with E-state index in [1.54, 1.807) is 28.9 Å². The van der Waals surface area contributed by atoms with Gasteiger partial charge in [0.2, 0.25) is 11.9 Å². The van der Waals surface area contributed by atoms with Gasteiger partial charge in [0.15, 0.2) is 11.5 Å². The number of anilines is 2. The summed E-state index contributed by atoms with van der Waals surface area (Å²) >= 11 is 0. The highest BCUT2D eigenvalue weighted by atomic mass is 16.5. The van der Waals surface area contributed by atoms with Crippen LogP contribution in [0.5, 0.6) is 0 Å². The Morgan fingerprint density at radius 2 is 2.04 bits per heavy atom. The van der Waals surface area contributed by atoms with Gasteiger partial charge in [0.25, 0.3) is 0 Å². The molecule has 9 heteroatoms. The van der Waals surface area contributed by atoms with E-state index >= 15 is 0 Å². The minimum Gasteiger partial charge on any atom is -0.464 e. The third kappa shape index (κ3) is 2.90. The van der Waals surface area contributed by atoms with Crippen LogP contribution in [0, 0.1) is 0 Å². The molecular formula is C19H24N6O3. The summed E-state index contributed by atoms with van der Waals surface area (Å²) in [5.41, 5.74) is 0.897. The van der Waals surface area contributed by atoms with Gasteiger partial charge in [0.05, 0.1) is 13.3 Å². The number of hydrogen-bond acceptors (Lipinski definition) is 7. The van der Waals surface area contributed by atoms with E-state index in [1.165, 1.54) is 26.3 Å². The maximum absolute atomic E-state index is 12.9. The van der Waals surface area contributed by atoms with Crippen molar-refractivity contribution < 1.29 is 14.3 Å². The van der Waals surface area contributed by atoms with E-state index in [9.17, 15) is 9.59 Å². The maximum atomic E-state index is 12.9. The standard InChI is InChI=1S/C19H24N6O3/c1-4-14-17(26)23(2)15-9-20-19(24-10-13(21-11-24)18(27)28-3)22-16(15)25(14)12-7-5-6-8-12/h9-12,14H,4-8H2,1-3H3/t14-/m1/s1. The second-order valence-electron chi connectivity index (χ2n) is 7.20. The zero-order valence-electron chi connectivity index (χ0n) is 16.3. The lowest BCUT2D eigenvalue weighted by Crippen LogP contribution is -2.55. The third-order valence-electron chi connectivity index (χ3n) is 5.61. The average molecular weight is 384 g/mol. The van der Waals surface area contributed by atoms with E-state index in [2.05, 4.69) is 14.9 Å². The van der Waals surface area contributed by atoms with E-state index in [1.807, 2.05) is 6.92 Å². The summed E-state index contributed by atoms with van der Waals surface area (Å²) in [6.45, 7) is 2.03. The fraction of sp³-hybridized carbons (Fsp3) is 0.526. The first-order chi connectivity index (χ1) is 13.5. The topological polar surface area (TPSA) is 93.5 Å². The number of aromatic nitrogens is 4. The monoisotopic (exact) mass is 384 g/mol. The molecule has 0 bridgehead atoms. The van der Waals surface area contributed by atoms with Gasteiger partial charge >= 0.3 is 5.97 Å². The molecule has 4 rings (SSSR count). The van der Waals surface area contributed by atoms with Crippen LogP contribution in [0.3, 0.4) is 0 Å². The largest absolute Gasteiger partial charge is 0.464 e. The molecule has 9 nitrogen and oxygen atoms in total. The quantitative estimate of drug-likeness (QED) is 0.744. The van der Waals surface area contributed by atoms with Gasteiger partial charge in [-0.2, -0.15) is 4.98 Å². The van der Waals surface area contributed by atoms with Crippen molar-refractivity contribution in [3.8, 4) is 5.95 Å². The summed E-state index contributed by atoms with van der Waals surface area (Å²) in [6, 6.07) is 0.0780. The number of methoxy groups -OCH3 is 1. The van der Waals surface area contributed by atoms with Crippen molar-refractivity contribution in [3.05, 3.63) is 24.4 Å². The first-order valence-corrected chi connectivity index (χ1v) is 9.60. The number of carbonyl (C=O) groups is 2. The molecule has 0 aromatic carbocycles. The zero-order chi connectivity index (χ0) is 19.8. The normalized spacial score (nSPS) is 19.8. The molecular weight excluding hydrogens is 360 g/mol. The molecule has 1 aliphatic heterocycles. The Kier molecular flexibility index (Phi) is 4.74. The lowest BCUT2D eigenvalue weighted by atomic mass is 10.0. The molecule has 2 aromatic heterocycles. The average Bonchev–Trinajstić information content (AvgIpc) is 3.41. The molecule has 28 heavy (non-hydrogen) atoms. The van der Waals surface area contributed by atoms with E-state index < -0.39 is 5.97 Å². The number of fused-ring (bicyclic) bond motifs is 1. The highest BCUT2D eigenvalue weighted by Crippen LogP contribution is 2.39. The SMILES string of the molecule is CC[C@@H]1C(=O)N(C)c2cnc(-n3cnc(C(=O)OC)c3)nc2N1C1CCCC1. The number of esters is 1. The van der Waals surface area contributed by atoms with Crippen molar-refractivity contribution in [3.63, 3.8) is 0 Å². The molecule has 2 aliphatic rings. The van der Waals surface area contributed by atoms with Gasteiger partial charge in [-0.05, 0) is 19.3 Å². The Bertz CT molecular complexity index is 905. The van der Waals surface area contributed by atoms with Gasteiger partial charge in [0.1, 0.15) is 18.1 Å². The second kappa shape index (κ2) is 7.21. The molecule has 0 spiro atoms. The summed E-state index contributed by atoms with van der Waals surface area (Å²) in [5.74, 6) is 0.732. The minimum absolute atomic E-state index is 0.0776. The van der Waals surface area contributed by atoms with Crippen molar-refractivity contribution in [1.82, 2.24) is 19.5 Å². The molecule has 1 aliphatic carbocycles. The third-order valence-corrected chi connectivity index (χ3v) is 5.61. The molecule has 3 heterocycles. The lowest BCUT2D eigenvalue weighted by molar-refractivity contribution is -0.120. The second-order valence-corrected chi connectivity index (χ2v) is 7.20. The molecule has 0 radical (unpaired) electrons. The predicted molar refractivity (Wildman–Crippen MR) is 103 cm³/mol. The molecule has 0 saturated heterocycles. The minimum atomic E-state index is -0.513. The van der Waals surface area contributed by atoms with Crippen LogP contribution in [0.4, 0.5) is 11.5 Å². The summed E-state index contributed by atoms with van der Waals surface area (Å²) in [6.07, 6.45) is 9.87. The van der Waals surface area contributed by atoms with Gasteiger partial charge in [-0.25, -0.2) is 14.8 Å². The van der Waals surface area contributed by atoms with Crippen LogP contribution in [0.25, 0.3) is 5.95 Å². The van der Waals surface area contributed by atoms with Gasteiger partial charge < -0.3 is 14.5 Å². The Hall–Kier alpha value is -2.97. The number of imidazole rings is 1. The molecule has 1 saturated carbocycles. The number of nitrogens with zero attached hydrogens (tertiary/aromatic N) is 6. The molecule has 0 unspecified atom stereocenters. The molecule has 148 valence electrons. The fourth-order valence-electron chi connectivity index (χ4n) is 4.14. The number of amides is 1. The van der Waals surface area contributed by atoms with Crippen LogP contribution in [0.15, 0.2) is 18.7 Å². The van der Waals surface area contributed by atoms with Crippen molar-refractivity contribution in [2.24, 2.45) is 0 Å². The Labute approximate surface area is 163 Å². The van der Waals surface area contributed by atoms with Crippen molar-refractivity contribution >= 4 is 23.4 Å². The highest BCUT2D eigenvalue weighted by molar-refractivity contribution is 6.04. The predicted octanol–water partition coefficient (Wildman–Crippen LogP) is 1.95. The Morgan fingerprint density at radius 3 is 2.71 bits per heavy atom. The van der Waals surface area contributed by atoms with Crippen LogP contribution in [0.2, 0.25) is 0 Å². The van der Waals surface area contributed by atoms with Crippen LogP contribution < -0.4 is 9.80 Å². The van der Waals surface area contributed by atoms with E-state index in [0.717, 1.165) is 25.1 Å². The summed E-state index contributed by atoms with van der Waals surface area (Å²) in [5, 5.41) is 0.